The molecule has 0 atom stereocenters. The predicted molar refractivity (Wildman–Crippen MR) is 81.7 cm³/mol. The average molecular weight is 289 g/mol. The van der Waals surface area contributed by atoms with Crippen LogP contribution in [-0.4, -0.2) is 23.6 Å². The van der Waals surface area contributed by atoms with Crippen molar-refractivity contribution in [2.75, 3.05) is 19.0 Å². The molecule has 5 heteroatoms. The Balaban J connectivity index is 2.45. The minimum atomic E-state index is -0.234. The first-order valence-electron chi connectivity index (χ1n) is 7.02. The summed E-state index contributed by atoms with van der Waals surface area (Å²) in [6.45, 7) is 4.98. The Morgan fingerprint density at radius 3 is 2.81 bits per heavy atom. The highest BCUT2D eigenvalue weighted by Gasteiger charge is 2.11. The van der Waals surface area contributed by atoms with Gasteiger partial charge < -0.3 is 10.1 Å². The zero-order chi connectivity index (χ0) is 15.2. The first kappa shape index (κ1) is 15.4. The summed E-state index contributed by atoms with van der Waals surface area (Å²) in [5.41, 5.74) is 2.06. The molecule has 112 valence electrons. The van der Waals surface area contributed by atoms with Gasteiger partial charge in [0, 0.05) is 25.3 Å². The number of hydrogen-bond acceptors (Lipinski definition) is 4. The number of benzene rings is 1. The molecule has 0 fully saturated rings. The molecule has 0 saturated carbocycles. The van der Waals surface area contributed by atoms with E-state index in [1.807, 2.05) is 12.1 Å². The maximum Gasteiger partial charge on any atom is 0.157 e. The van der Waals surface area contributed by atoms with Gasteiger partial charge in [0.15, 0.2) is 5.82 Å². The van der Waals surface area contributed by atoms with Gasteiger partial charge in [-0.15, -0.1) is 0 Å². The number of nitrogens with one attached hydrogen (secondary N) is 1. The lowest BCUT2D eigenvalue weighted by Gasteiger charge is -2.11. The Hall–Kier alpha value is -2.01. The molecule has 1 N–H and O–H groups in total. The Kier molecular flexibility index (Phi) is 5.22. The van der Waals surface area contributed by atoms with Gasteiger partial charge in [-0.05, 0) is 25.0 Å². The highest BCUT2D eigenvalue weighted by Crippen LogP contribution is 2.25. The van der Waals surface area contributed by atoms with Gasteiger partial charge in [0.05, 0.1) is 5.69 Å². The maximum absolute atomic E-state index is 13.7. The molecule has 0 unspecified atom stereocenters. The fraction of sp³-hybridized carbons (Fsp3) is 0.375. The molecular weight excluding hydrogens is 269 g/mol. The van der Waals surface area contributed by atoms with E-state index in [9.17, 15) is 4.39 Å². The van der Waals surface area contributed by atoms with Crippen molar-refractivity contribution in [3.8, 4) is 11.3 Å². The van der Waals surface area contributed by atoms with E-state index in [0.29, 0.717) is 23.7 Å². The van der Waals surface area contributed by atoms with Crippen molar-refractivity contribution in [1.29, 1.82) is 0 Å². The third kappa shape index (κ3) is 3.76. The molecule has 0 bridgehead atoms. The van der Waals surface area contributed by atoms with Crippen molar-refractivity contribution >= 4 is 5.82 Å². The lowest BCUT2D eigenvalue weighted by molar-refractivity contribution is 0.178. The van der Waals surface area contributed by atoms with Crippen LogP contribution in [0, 0.1) is 12.7 Å². The number of nitrogens with zero attached hydrogens (tertiary/aromatic N) is 2. The standard InChI is InChI=1S/C16H20FN3O/c1-4-8-18-15-9-14(19-16(20-15)10-21-3)12-6-5-7-13(17)11(12)2/h5-7,9H,4,8,10H2,1-3H3,(H,18,19,20). The first-order chi connectivity index (χ1) is 10.2. The molecule has 0 aliphatic rings. The van der Waals surface area contributed by atoms with E-state index in [2.05, 4.69) is 22.2 Å². The van der Waals surface area contributed by atoms with Crippen LogP contribution in [0.25, 0.3) is 11.3 Å². The van der Waals surface area contributed by atoms with E-state index in [4.69, 9.17) is 4.74 Å². The van der Waals surface area contributed by atoms with Gasteiger partial charge in [0.2, 0.25) is 0 Å². The SMILES string of the molecule is CCCNc1cc(-c2cccc(F)c2C)nc(COC)n1. The highest BCUT2D eigenvalue weighted by atomic mass is 19.1. The van der Waals surface area contributed by atoms with Gasteiger partial charge in [-0.25, -0.2) is 14.4 Å². The van der Waals surface area contributed by atoms with Crippen molar-refractivity contribution in [2.45, 2.75) is 26.9 Å². The van der Waals surface area contributed by atoms with Gasteiger partial charge >= 0.3 is 0 Å². The topological polar surface area (TPSA) is 47.0 Å². The molecule has 4 nitrogen and oxygen atoms in total. The maximum atomic E-state index is 13.7. The minimum Gasteiger partial charge on any atom is -0.377 e. The molecule has 1 aromatic carbocycles. The fourth-order valence-corrected chi connectivity index (χ4v) is 2.06. The summed E-state index contributed by atoms with van der Waals surface area (Å²) in [4.78, 5) is 8.86. The van der Waals surface area contributed by atoms with Crippen LogP contribution < -0.4 is 5.32 Å². The number of anilines is 1. The lowest BCUT2D eigenvalue weighted by Crippen LogP contribution is -2.07. The van der Waals surface area contributed by atoms with Crippen LogP contribution >= 0.6 is 0 Å². The van der Waals surface area contributed by atoms with Gasteiger partial charge in [-0.2, -0.15) is 0 Å². The predicted octanol–water partition coefficient (Wildman–Crippen LogP) is 3.56. The molecule has 2 aromatic rings. The molecular formula is C16H20FN3O. The van der Waals surface area contributed by atoms with Crippen LogP contribution in [0.3, 0.4) is 0 Å². The Morgan fingerprint density at radius 1 is 1.29 bits per heavy atom. The second kappa shape index (κ2) is 7.13. The number of methoxy groups -OCH3 is 1. The van der Waals surface area contributed by atoms with Gasteiger partial charge in [0.25, 0.3) is 0 Å². The second-order valence-electron chi connectivity index (χ2n) is 4.83. The van der Waals surface area contributed by atoms with E-state index in [1.54, 1.807) is 20.1 Å². The molecule has 2 rings (SSSR count). The van der Waals surface area contributed by atoms with Crippen LogP contribution in [0.2, 0.25) is 0 Å². The normalized spacial score (nSPS) is 10.7. The zero-order valence-electron chi connectivity index (χ0n) is 12.6. The van der Waals surface area contributed by atoms with E-state index in [0.717, 1.165) is 24.3 Å². The van der Waals surface area contributed by atoms with Crippen molar-refractivity contribution in [2.24, 2.45) is 0 Å². The molecule has 1 heterocycles. The number of hydrogen-bond donors (Lipinski definition) is 1. The molecule has 0 radical (unpaired) electrons. The number of aromatic nitrogens is 2. The van der Waals surface area contributed by atoms with Crippen LogP contribution in [-0.2, 0) is 11.3 Å². The summed E-state index contributed by atoms with van der Waals surface area (Å²) >= 11 is 0. The smallest absolute Gasteiger partial charge is 0.157 e. The third-order valence-corrected chi connectivity index (χ3v) is 3.15. The molecule has 0 aliphatic carbocycles. The first-order valence-corrected chi connectivity index (χ1v) is 7.02. The number of halogens is 1. The van der Waals surface area contributed by atoms with Crippen molar-refractivity contribution in [1.82, 2.24) is 9.97 Å². The second-order valence-corrected chi connectivity index (χ2v) is 4.83. The number of rotatable bonds is 6. The summed E-state index contributed by atoms with van der Waals surface area (Å²) in [5.74, 6) is 1.08. The van der Waals surface area contributed by atoms with Crippen LogP contribution in [0.15, 0.2) is 24.3 Å². The van der Waals surface area contributed by atoms with Crippen molar-refractivity contribution in [3.63, 3.8) is 0 Å². The van der Waals surface area contributed by atoms with Crippen molar-refractivity contribution < 1.29 is 9.13 Å². The third-order valence-electron chi connectivity index (χ3n) is 3.15. The summed E-state index contributed by atoms with van der Waals surface area (Å²) in [6.07, 6.45) is 0.998. The fourth-order valence-electron chi connectivity index (χ4n) is 2.06. The summed E-state index contributed by atoms with van der Waals surface area (Å²) in [7, 11) is 1.60. The zero-order valence-corrected chi connectivity index (χ0v) is 12.6. The quantitative estimate of drug-likeness (QED) is 0.883. The van der Waals surface area contributed by atoms with Crippen LogP contribution in [0.5, 0.6) is 0 Å². The number of ether oxygens (including phenoxy) is 1. The summed E-state index contributed by atoms with van der Waals surface area (Å²) in [6, 6.07) is 6.85. The highest BCUT2D eigenvalue weighted by molar-refractivity contribution is 5.66. The van der Waals surface area contributed by atoms with Gasteiger partial charge in [-0.1, -0.05) is 19.1 Å². The van der Waals surface area contributed by atoms with Crippen LogP contribution in [0.1, 0.15) is 24.7 Å². The Bertz CT molecular complexity index is 616. The van der Waals surface area contributed by atoms with E-state index in [1.165, 1.54) is 6.07 Å². The largest absolute Gasteiger partial charge is 0.377 e. The minimum absolute atomic E-state index is 0.234. The molecule has 0 spiro atoms. The molecule has 0 amide bonds. The van der Waals surface area contributed by atoms with Gasteiger partial charge in [0.1, 0.15) is 18.2 Å². The summed E-state index contributed by atoms with van der Waals surface area (Å²) in [5, 5.41) is 3.24. The van der Waals surface area contributed by atoms with E-state index < -0.39 is 0 Å². The Labute approximate surface area is 124 Å². The lowest BCUT2D eigenvalue weighted by atomic mass is 10.0. The molecule has 0 aliphatic heterocycles. The summed E-state index contributed by atoms with van der Waals surface area (Å²) < 4.78 is 18.8. The van der Waals surface area contributed by atoms with Crippen LogP contribution in [0.4, 0.5) is 10.2 Å². The van der Waals surface area contributed by atoms with Crippen molar-refractivity contribution in [3.05, 3.63) is 41.5 Å². The average Bonchev–Trinajstić information content (AvgIpc) is 2.48. The van der Waals surface area contributed by atoms with E-state index >= 15 is 0 Å². The molecule has 0 saturated heterocycles. The monoisotopic (exact) mass is 289 g/mol. The van der Waals surface area contributed by atoms with Gasteiger partial charge in [-0.3, -0.25) is 0 Å². The molecule has 21 heavy (non-hydrogen) atoms. The van der Waals surface area contributed by atoms with E-state index in [-0.39, 0.29) is 5.82 Å². The Morgan fingerprint density at radius 2 is 2.10 bits per heavy atom. The molecule has 1 aromatic heterocycles.